The van der Waals surface area contributed by atoms with Crippen molar-refractivity contribution in [1.29, 1.82) is 0 Å². The Morgan fingerprint density at radius 3 is 2.55 bits per heavy atom. The molecule has 0 saturated carbocycles. The largest absolute Gasteiger partial charge is 0.372 e. The molecule has 0 bridgehead atoms. The van der Waals surface area contributed by atoms with E-state index in [0.717, 1.165) is 52.6 Å². The molecule has 0 aliphatic rings. The van der Waals surface area contributed by atoms with E-state index in [0.29, 0.717) is 23.0 Å². The lowest BCUT2D eigenvalue weighted by Crippen LogP contribution is -2.29. The number of aromatic nitrogens is 4. The predicted molar refractivity (Wildman–Crippen MR) is 156 cm³/mol. The second-order valence-corrected chi connectivity index (χ2v) is 11.5. The fourth-order valence-corrected chi connectivity index (χ4v) is 5.12. The van der Waals surface area contributed by atoms with Crippen molar-refractivity contribution >= 4 is 55.0 Å². The van der Waals surface area contributed by atoms with Crippen LogP contribution in [0.4, 0.5) is 23.0 Å². The summed E-state index contributed by atoms with van der Waals surface area (Å²) in [6, 6.07) is 15.8. The summed E-state index contributed by atoms with van der Waals surface area (Å²) in [5.74, 6) is 0.405. The maximum atomic E-state index is 12.1. The Morgan fingerprint density at radius 2 is 1.79 bits per heavy atom. The summed E-state index contributed by atoms with van der Waals surface area (Å²) in [5, 5.41) is 5.31. The van der Waals surface area contributed by atoms with Crippen LogP contribution in [0, 0.1) is 0 Å². The number of benzene rings is 2. The molecule has 3 N–H and O–H groups in total. The maximum Gasteiger partial charge on any atom is 0.229 e. The van der Waals surface area contributed by atoms with Gasteiger partial charge in [-0.3, -0.25) is 4.72 Å². The van der Waals surface area contributed by atoms with Gasteiger partial charge >= 0.3 is 0 Å². The zero-order valence-electron chi connectivity index (χ0n) is 22.1. The molecule has 5 rings (SSSR count). The minimum Gasteiger partial charge on any atom is -0.372 e. The van der Waals surface area contributed by atoms with Gasteiger partial charge in [0, 0.05) is 67.1 Å². The Bertz CT molecular complexity index is 1720. The number of hydrogen-bond acceptors (Lipinski definition) is 7. The second-order valence-electron chi connectivity index (χ2n) is 9.76. The fraction of sp³-hybridized carbons (Fsp3) is 0.259. The van der Waals surface area contributed by atoms with Crippen LogP contribution in [0.3, 0.4) is 0 Å². The number of nitrogens with zero attached hydrogens (tertiary/aromatic N) is 5. The minimum atomic E-state index is -3.49. The van der Waals surface area contributed by atoms with Crippen molar-refractivity contribution in [3.8, 4) is 11.3 Å². The summed E-state index contributed by atoms with van der Waals surface area (Å²) in [6.07, 6.45) is 5.08. The molecule has 0 spiro atoms. The van der Waals surface area contributed by atoms with Gasteiger partial charge in [-0.25, -0.2) is 13.4 Å². The molecule has 2 aromatic carbocycles. The van der Waals surface area contributed by atoms with E-state index in [1.165, 1.54) is 0 Å². The third kappa shape index (κ3) is 5.29. The highest BCUT2D eigenvalue weighted by molar-refractivity contribution is 7.92. The van der Waals surface area contributed by atoms with Crippen LogP contribution in [0.2, 0.25) is 0 Å². The number of sulfonamides is 1. The van der Waals surface area contributed by atoms with E-state index < -0.39 is 10.0 Å². The van der Waals surface area contributed by atoms with Crippen molar-refractivity contribution in [1.82, 2.24) is 24.4 Å². The van der Waals surface area contributed by atoms with E-state index in [1.807, 2.05) is 69.6 Å². The topological polar surface area (TPSA) is 111 Å². The number of anilines is 4. The first kappa shape index (κ1) is 25.6. The quantitative estimate of drug-likeness (QED) is 0.261. The van der Waals surface area contributed by atoms with Gasteiger partial charge in [0.2, 0.25) is 16.0 Å². The zero-order valence-corrected chi connectivity index (χ0v) is 23.0. The molecule has 0 atom stereocenters. The summed E-state index contributed by atoms with van der Waals surface area (Å²) in [7, 11) is 4.48. The average Bonchev–Trinajstić information content (AvgIpc) is 3.46. The Labute approximate surface area is 222 Å². The van der Waals surface area contributed by atoms with Crippen molar-refractivity contribution in [3.63, 3.8) is 0 Å². The molecule has 0 unspecified atom stereocenters. The van der Waals surface area contributed by atoms with E-state index in [1.54, 1.807) is 6.07 Å². The van der Waals surface area contributed by atoms with Gasteiger partial charge in [-0.15, -0.1) is 0 Å². The monoisotopic (exact) mass is 532 g/mol. The van der Waals surface area contributed by atoms with Gasteiger partial charge in [-0.1, -0.05) is 18.2 Å². The lowest BCUT2D eigenvalue weighted by atomic mass is 10.1. The molecule has 0 amide bonds. The number of aromatic amines is 1. The zero-order chi connectivity index (χ0) is 27.0. The van der Waals surface area contributed by atoms with Crippen molar-refractivity contribution in [2.75, 3.05) is 55.4 Å². The summed E-state index contributed by atoms with van der Waals surface area (Å²) >= 11 is 0. The normalized spacial score (nSPS) is 11.9. The van der Waals surface area contributed by atoms with Crippen LogP contribution in [0.25, 0.3) is 33.2 Å². The summed E-state index contributed by atoms with van der Waals surface area (Å²) < 4.78 is 29.0. The molecule has 198 valence electrons. The number of hydrogen-bond donors (Lipinski definition) is 3. The number of rotatable bonds is 9. The van der Waals surface area contributed by atoms with Gasteiger partial charge in [0.05, 0.1) is 23.3 Å². The molecule has 3 heterocycles. The van der Waals surface area contributed by atoms with Crippen molar-refractivity contribution in [2.24, 2.45) is 7.05 Å². The van der Waals surface area contributed by atoms with E-state index in [-0.39, 0.29) is 0 Å². The molecule has 0 fully saturated rings. The molecule has 38 heavy (non-hydrogen) atoms. The van der Waals surface area contributed by atoms with Gasteiger partial charge in [0.25, 0.3) is 0 Å². The molecule has 0 aliphatic heterocycles. The Hall–Kier alpha value is -4.09. The van der Waals surface area contributed by atoms with Gasteiger partial charge in [-0.05, 0) is 44.4 Å². The first-order chi connectivity index (χ1) is 18.1. The first-order valence-corrected chi connectivity index (χ1v) is 14.1. The fourth-order valence-electron chi connectivity index (χ4n) is 4.56. The average molecular weight is 533 g/mol. The van der Waals surface area contributed by atoms with Gasteiger partial charge in [-0.2, -0.15) is 4.98 Å². The van der Waals surface area contributed by atoms with Crippen LogP contribution in [0.15, 0.2) is 60.9 Å². The second kappa shape index (κ2) is 9.99. The van der Waals surface area contributed by atoms with Crippen LogP contribution in [-0.2, 0) is 17.1 Å². The summed E-state index contributed by atoms with van der Waals surface area (Å²) in [6.45, 7) is 1.56. The highest BCUT2D eigenvalue weighted by Crippen LogP contribution is 2.35. The summed E-state index contributed by atoms with van der Waals surface area (Å²) in [5.41, 5.74) is 5.56. The Balaban J connectivity index is 1.54. The SMILES string of the molecule is CN(C)CCN(C)c1ccc(Nc2nc(-c3cn(C)c4ccccc34)c3cc[nH]c3n2)cc1NS(C)(=O)=O. The highest BCUT2D eigenvalue weighted by Gasteiger charge is 2.17. The Morgan fingerprint density at radius 1 is 1.00 bits per heavy atom. The van der Waals surface area contributed by atoms with Crippen molar-refractivity contribution in [3.05, 3.63) is 60.9 Å². The van der Waals surface area contributed by atoms with Gasteiger partial charge in [0.15, 0.2) is 0 Å². The van der Waals surface area contributed by atoms with Crippen LogP contribution >= 0.6 is 0 Å². The number of nitrogens with one attached hydrogen (secondary N) is 3. The standard InChI is InChI=1S/C27H32N8O2S/c1-33(2)14-15-34(3)24-11-10-18(16-22(24)32-38(5,36)37)29-27-30-25(20-12-13-28-26(20)31-27)21-17-35(4)23-9-7-6-8-19(21)23/h6-13,16-17,32H,14-15H2,1-5H3,(H2,28,29,30,31). The van der Waals surface area contributed by atoms with Crippen molar-refractivity contribution in [2.45, 2.75) is 0 Å². The predicted octanol–water partition coefficient (Wildman–Crippen LogP) is 4.23. The number of H-pyrrole nitrogens is 1. The lowest BCUT2D eigenvalue weighted by molar-refractivity contribution is 0.416. The lowest BCUT2D eigenvalue weighted by Gasteiger charge is -2.25. The van der Waals surface area contributed by atoms with E-state index in [4.69, 9.17) is 4.98 Å². The smallest absolute Gasteiger partial charge is 0.229 e. The van der Waals surface area contributed by atoms with Gasteiger partial charge < -0.3 is 24.7 Å². The number of likely N-dealkylation sites (N-methyl/N-ethyl adjacent to an activating group) is 2. The maximum absolute atomic E-state index is 12.1. The molecular formula is C27H32N8O2S. The minimum absolute atomic E-state index is 0.405. The van der Waals surface area contributed by atoms with Crippen LogP contribution < -0.4 is 14.9 Å². The molecule has 10 nitrogen and oxygen atoms in total. The van der Waals surface area contributed by atoms with Crippen LogP contribution in [-0.4, -0.2) is 73.3 Å². The van der Waals surface area contributed by atoms with Crippen molar-refractivity contribution < 1.29 is 8.42 Å². The number of aryl methyl sites for hydroxylation is 1. The number of fused-ring (bicyclic) bond motifs is 2. The molecule has 3 aromatic heterocycles. The van der Waals surface area contributed by atoms with E-state index in [2.05, 4.69) is 47.8 Å². The first-order valence-electron chi connectivity index (χ1n) is 12.2. The van der Waals surface area contributed by atoms with E-state index >= 15 is 0 Å². The molecule has 0 aliphatic carbocycles. The molecule has 0 radical (unpaired) electrons. The van der Waals surface area contributed by atoms with Gasteiger partial charge in [0.1, 0.15) is 5.65 Å². The molecule has 11 heteroatoms. The molecule has 0 saturated heterocycles. The number of para-hydroxylation sites is 1. The van der Waals surface area contributed by atoms with E-state index in [9.17, 15) is 8.42 Å². The third-order valence-corrected chi connectivity index (χ3v) is 7.00. The highest BCUT2D eigenvalue weighted by atomic mass is 32.2. The van der Waals surface area contributed by atoms with Crippen LogP contribution in [0.1, 0.15) is 0 Å². The third-order valence-electron chi connectivity index (χ3n) is 6.41. The summed E-state index contributed by atoms with van der Waals surface area (Å²) in [4.78, 5) is 16.9. The molecule has 5 aromatic rings. The van der Waals surface area contributed by atoms with Crippen LogP contribution in [0.5, 0.6) is 0 Å². The Kier molecular flexibility index (Phi) is 6.72. The molecular weight excluding hydrogens is 500 g/mol.